The molecule has 16 heavy (non-hydrogen) atoms. The molecule has 0 amide bonds. The molecule has 0 bridgehead atoms. The maximum absolute atomic E-state index is 11.8. The van der Waals surface area contributed by atoms with Gasteiger partial charge in [0.05, 0.1) is 0 Å². The van der Waals surface area contributed by atoms with Crippen molar-refractivity contribution in [3.05, 3.63) is 34.2 Å². The Morgan fingerprint density at radius 3 is 2.44 bits per heavy atom. The van der Waals surface area contributed by atoms with Crippen molar-refractivity contribution in [2.75, 3.05) is 5.33 Å². The first-order valence-electron chi connectivity index (χ1n) is 5.58. The molecule has 1 aromatic rings. The van der Waals surface area contributed by atoms with Crippen LogP contribution in [0.3, 0.4) is 0 Å². The first-order chi connectivity index (χ1) is 7.36. The van der Waals surface area contributed by atoms with E-state index in [4.69, 9.17) is 0 Å². The number of aromatic nitrogens is 1. The van der Waals surface area contributed by atoms with E-state index in [-0.39, 0.29) is 11.0 Å². The van der Waals surface area contributed by atoms with Gasteiger partial charge in [-0.2, -0.15) is 0 Å². The van der Waals surface area contributed by atoms with Crippen LogP contribution in [0.5, 0.6) is 0 Å². The normalized spacial score (nSPS) is 13.8. The molecule has 0 aliphatic rings. The number of hydrogen-bond donors (Lipinski definition) is 0. The molecule has 2 nitrogen and oxygen atoms in total. The Bertz CT molecular complexity index is 403. The van der Waals surface area contributed by atoms with Crippen molar-refractivity contribution in [2.45, 2.75) is 34.2 Å². The predicted molar refractivity (Wildman–Crippen MR) is 72.2 cm³/mol. The minimum Gasteiger partial charge on any atom is -0.313 e. The Morgan fingerprint density at radius 1 is 1.38 bits per heavy atom. The molecule has 1 aromatic heterocycles. The second kappa shape index (κ2) is 5.17. The molecule has 0 N–H and O–H groups in total. The van der Waals surface area contributed by atoms with Crippen LogP contribution in [-0.4, -0.2) is 9.90 Å². The summed E-state index contributed by atoms with van der Waals surface area (Å²) >= 11 is 3.54. The lowest BCUT2D eigenvalue weighted by Gasteiger charge is -2.30. The standard InChI is InChI=1S/C13H20BrNO/c1-10-6-5-7-12(16)15(10)9-11(8-14)13(2,3)4/h5-7,11H,8-9H2,1-4H3. The van der Waals surface area contributed by atoms with Gasteiger partial charge in [0.25, 0.3) is 5.56 Å². The van der Waals surface area contributed by atoms with Crippen LogP contribution >= 0.6 is 15.9 Å². The summed E-state index contributed by atoms with van der Waals surface area (Å²) in [5.74, 6) is 0.450. The van der Waals surface area contributed by atoms with Crippen molar-refractivity contribution in [3.63, 3.8) is 0 Å². The van der Waals surface area contributed by atoms with Gasteiger partial charge in [-0.1, -0.05) is 42.8 Å². The van der Waals surface area contributed by atoms with E-state index in [2.05, 4.69) is 36.7 Å². The minimum absolute atomic E-state index is 0.0928. The fraction of sp³-hybridized carbons (Fsp3) is 0.615. The zero-order chi connectivity index (χ0) is 12.3. The van der Waals surface area contributed by atoms with Gasteiger partial charge in [-0.25, -0.2) is 0 Å². The third-order valence-electron chi connectivity index (χ3n) is 3.08. The van der Waals surface area contributed by atoms with Gasteiger partial charge in [0.2, 0.25) is 0 Å². The van der Waals surface area contributed by atoms with Crippen LogP contribution < -0.4 is 5.56 Å². The Morgan fingerprint density at radius 2 is 2.00 bits per heavy atom. The summed E-state index contributed by atoms with van der Waals surface area (Å²) in [5, 5.41) is 0.914. The third-order valence-corrected chi connectivity index (χ3v) is 3.86. The Kier molecular flexibility index (Phi) is 4.36. The fourth-order valence-corrected chi connectivity index (χ4v) is 2.81. The highest BCUT2D eigenvalue weighted by Gasteiger charge is 2.24. The van der Waals surface area contributed by atoms with E-state index in [1.54, 1.807) is 6.07 Å². The van der Waals surface area contributed by atoms with Crippen LogP contribution in [0.15, 0.2) is 23.0 Å². The van der Waals surface area contributed by atoms with Crippen molar-refractivity contribution in [1.82, 2.24) is 4.57 Å². The van der Waals surface area contributed by atoms with Crippen LogP contribution in [0.2, 0.25) is 0 Å². The van der Waals surface area contributed by atoms with Gasteiger partial charge in [-0.05, 0) is 24.3 Å². The zero-order valence-electron chi connectivity index (χ0n) is 10.5. The van der Waals surface area contributed by atoms with Gasteiger partial charge in [0.15, 0.2) is 0 Å². The van der Waals surface area contributed by atoms with Crippen LogP contribution in [0.25, 0.3) is 0 Å². The number of nitrogens with zero attached hydrogens (tertiary/aromatic N) is 1. The monoisotopic (exact) mass is 285 g/mol. The molecule has 0 spiro atoms. The van der Waals surface area contributed by atoms with Gasteiger partial charge < -0.3 is 4.57 Å². The van der Waals surface area contributed by atoms with Gasteiger partial charge in [-0.15, -0.1) is 0 Å². The number of aryl methyl sites for hydroxylation is 1. The molecule has 0 radical (unpaired) electrons. The summed E-state index contributed by atoms with van der Waals surface area (Å²) in [6, 6.07) is 5.42. The smallest absolute Gasteiger partial charge is 0.250 e. The third kappa shape index (κ3) is 3.21. The first-order valence-corrected chi connectivity index (χ1v) is 6.71. The Labute approximate surface area is 106 Å². The summed E-state index contributed by atoms with van der Waals surface area (Å²) in [6.07, 6.45) is 0. The van der Waals surface area contributed by atoms with Gasteiger partial charge in [0, 0.05) is 23.6 Å². The first kappa shape index (κ1) is 13.5. The number of rotatable bonds is 3. The second-order valence-electron chi connectivity index (χ2n) is 5.33. The predicted octanol–water partition coefficient (Wildman–Crippen LogP) is 3.21. The van der Waals surface area contributed by atoms with Crippen LogP contribution in [-0.2, 0) is 6.54 Å². The molecule has 0 aliphatic heterocycles. The number of pyridine rings is 1. The van der Waals surface area contributed by atoms with Gasteiger partial charge in [0.1, 0.15) is 0 Å². The van der Waals surface area contributed by atoms with Crippen molar-refractivity contribution in [3.8, 4) is 0 Å². The van der Waals surface area contributed by atoms with Crippen molar-refractivity contribution >= 4 is 15.9 Å². The van der Waals surface area contributed by atoms with Gasteiger partial charge in [-0.3, -0.25) is 4.79 Å². The lowest BCUT2D eigenvalue weighted by atomic mass is 9.82. The minimum atomic E-state index is 0.0928. The largest absolute Gasteiger partial charge is 0.313 e. The Balaban J connectivity index is 3.00. The summed E-state index contributed by atoms with van der Waals surface area (Å²) in [4.78, 5) is 11.8. The molecule has 0 aliphatic carbocycles. The van der Waals surface area contributed by atoms with Crippen LogP contribution in [0.1, 0.15) is 26.5 Å². The number of halogens is 1. The average Bonchev–Trinajstić information content (AvgIpc) is 2.15. The maximum Gasteiger partial charge on any atom is 0.250 e. The average molecular weight is 286 g/mol. The summed E-state index contributed by atoms with van der Waals surface area (Å²) in [6.45, 7) is 9.39. The molecular weight excluding hydrogens is 266 g/mol. The van der Waals surface area contributed by atoms with E-state index in [9.17, 15) is 4.79 Å². The number of hydrogen-bond acceptors (Lipinski definition) is 1. The van der Waals surface area contributed by atoms with Crippen molar-refractivity contribution in [1.29, 1.82) is 0 Å². The second-order valence-corrected chi connectivity index (χ2v) is 5.98. The molecular formula is C13H20BrNO. The van der Waals surface area contributed by atoms with Crippen LogP contribution in [0, 0.1) is 18.3 Å². The molecule has 1 unspecified atom stereocenters. The van der Waals surface area contributed by atoms with E-state index in [0.717, 1.165) is 17.6 Å². The van der Waals surface area contributed by atoms with Gasteiger partial charge >= 0.3 is 0 Å². The van der Waals surface area contributed by atoms with E-state index in [1.807, 2.05) is 23.6 Å². The fourth-order valence-electron chi connectivity index (χ4n) is 1.63. The SMILES string of the molecule is Cc1cccc(=O)n1CC(CBr)C(C)(C)C. The van der Waals surface area contributed by atoms with Crippen molar-refractivity contribution in [2.24, 2.45) is 11.3 Å². The summed E-state index contributed by atoms with van der Waals surface area (Å²) < 4.78 is 1.86. The molecule has 3 heteroatoms. The molecule has 0 aromatic carbocycles. The zero-order valence-corrected chi connectivity index (χ0v) is 12.0. The lowest BCUT2D eigenvalue weighted by Crippen LogP contribution is -2.32. The molecule has 1 rings (SSSR count). The van der Waals surface area contributed by atoms with Crippen LogP contribution in [0.4, 0.5) is 0 Å². The molecule has 0 saturated heterocycles. The quantitative estimate of drug-likeness (QED) is 0.782. The molecule has 90 valence electrons. The van der Waals surface area contributed by atoms with E-state index in [1.165, 1.54) is 0 Å². The topological polar surface area (TPSA) is 22.0 Å². The number of alkyl halides is 1. The van der Waals surface area contributed by atoms with E-state index < -0.39 is 0 Å². The summed E-state index contributed by atoms with van der Waals surface area (Å²) in [7, 11) is 0. The molecule has 1 heterocycles. The lowest BCUT2D eigenvalue weighted by molar-refractivity contribution is 0.236. The van der Waals surface area contributed by atoms with E-state index >= 15 is 0 Å². The molecule has 0 saturated carbocycles. The Hall–Kier alpha value is -0.570. The highest BCUT2D eigenvalue weighted by molar-refractivity contribution is 9.09. The van der Waals surface area contributed by atoms with E-state index in [0.29, 0.717) is 5.92 Å². The maximum atomic E-state index is 11.8. The molecule has 0 fully saturated rings. The highest BCUT2D eigenvalue weighted by Crippen LogP contribution is 2.28. The highest BCUT2D eigenvalue weighted by atomic mass is 79.9. The molecule has 1 atom stereocenters. The van der Waals surface area contributed by atoms with Crippen molar-refractivity contribution < 1.29 is 0 Å². The summed E-state index contributed by atoms with van der Waals surface area (Å²) in [5.41, 5.74) is 1.32.